The molecule has 0 aliphatic rings. The van der Waals surface area contributed by atoms with Gasteiger partial charge in [0.15, 0.2) is 0 Å². The largest absolute Gasteiger partial charge is 0.421 e. The van der Waals surface area contributed by atoms with E-state index in [-0.39, 0.29) is 5.92 Å². The van der Waals surface area contributed by atoms with Crippen LogP contribution in [-0.2, 0) is 4.79 Å². The Morgan fingerprint density at radius 2 is 1.78 bits per heavy atom. The number of thioether (sulfide) groups is 1. The van der Waals surface area contributed by atoms with Gasteiger partial charge in [-0.05, 0) is 61.1 Å². The smallest absolute Gasteiger partial charge is 0.410 e. The lowest BCUT2D eigenvalue weighted by Crippen LogP contribution is -2.48. The number of imide groups is 1. The van der Waals surface area contributed by atoms with E-state index in [0.29, 0.717) is 5.75 Å². The van der Waals surface area contributed by atoms with Gasteiger partial charge in [-0.1, -0.05) is 13.8 Å². The van der Waals surface area contributed by atoms with E-state index in [0.717, 1.165) is 20.9 Å². The second kappa shape index (κ2) is 8.57. The van der Waals surface area contributed by atoms with Crippen molar-refractivity contribution >= 4 is 35.5 Å². The number of carbonyl (C=O) groups is 2. The summed E-state index contributed by atoms with van der Waals surface area (Å²) >= 11 is 7.23. The summed E-state index contributed by atoms with van der Waals surface area (Å²) in [6.07, 6.45) is 1.27. The first kappa shape index (κ1) is 19.8. The van der Waals surface area contributed by atoms with Gasteiger partial charge in [-0.2, -0.15) is 0 Å². The zero-order chi connectivity index (χ0) is 17.7. The standard InChI is InChI=1S/C16H23ClN2O3S/c1-9(2)13(18-17)15(20)19(5)16(21)22-12-7-10(3)14(23-6)11(4)8-12/h7-9,13,18H,1-6H3/t13-/m0/s1. The summed E-state index contributed by atoms with van der Waals surface area (Å²) in [4.78, 5) is 28.9. The number of nitrogens with zero attached hydrogens (tertiary/aromatic N) is 1. The molecule has 1 atom stereocenters. The fourth-order valence-electron chi connectivity index (χ4n) is 2.22. The van der Waals surface area contributed by atoms with Crippen molar-refractivity contribution in [3.63, 3.8) is 0 Å². The Morgan fingerprint density at radius 1 is 1.26 bits per heavy atom. The fraction of sp³-hybridized carbons (Fsp3) is 0.500. The van der Waals surface area contributed by atoms with E-state index < -0.39 is 18.0 Å². The van der Waals surface area contributed by atoms with E-state index in [9.17, 15) is 9.59 Å². The number of hydrogen-bond acceptors (Lipinski definition) is 5. The molecule has 7 heteroatoms. The van der Waals surface area contributed by atoms with Crippen molar-refractivity contribution in [2.75, 3.05) is 13.3 Å². The van der Waals surface area contributed by atoms with Crippen LogP contribution in [0.3, 0.4) is 0 Å². The number of amides is 2. The van der Waals surface area contributed by atoms with Crippen LogP contribution in [0.25, 0.3) is 0 Å². The molecule has 1 aromatic rings. The van der Waals surface area contributed by atoms with Crippen LogP contribution in [0.5, 0.6) is 5.75 Å². The van der Waals surface area contributed by atoms with Crippen molar-refractivity contribution in [3.8, 4) is 5.75 Å². The molecule has 0 radical (unpaired) electrons. The monoisotopic (exact) mass is 358 g/mol. The molecular formula is C16H23ClN2O3S. The van der Waals surface area contributed by atoms with Gasteiger partial charge < -0.3 is 4.74 Å². The maximum Gasteiger partial charge on any atom is 0.421 e. The Morgan fingerprint density at radius 3 is 2.17 bits per heavy atom. The third-order valence-corrected chi connectivity index (χ3v) is 4.79. The van der Waals surface area contributed by atoms with Crippen molar-refractivity contribution in [3.05, 3.63) is 23.3 Å². The predicted molar refractivity (Wildman–Crippen MR) is 94.1 cm³/mol. The zero-order valence-electron chi connectivity index (χ0n) is 14.3. The summed E-state index contributed by atoms with van der Waals surface area (Å²) in [5.41, 5.74) is 2.05. The number of halogens is 1. The normalized spacial score (nSPS) is 12.2. The molecule has 0 aliphatic heterocycles. The zero-order valence-corrected chi connectivity index (χ0v) is 15.8. The highest BCUT2D eigenvalue weighted by Crippen LogP contribution is 2.29. The second-order valence-corrected chi connectivity index (χ2v) is 6.72. The Hall–Kier alpha value is -1.24. The van der Waals surface area contributed by atoms with Gasteiger partial charge in [0.1, 0.15) is 11.8 Å². The van der Waals surface area contributed by atoms with E-state index in [2.05, 4.69) is 4.84 Å². The second-order valence-electron chi connectivity index (χ2n) is 5.69. The van der Waals surface area contributed by atoms with Crippen LogP contribution >= 0.6 is 23.5 Å². The molecule has 0 unspecified atom stereocenters. The van der Waals surface area contributed by atoms with Crippen molar-refractivity contribution < 1.29 is 14.3 Å². The van der Waals surface area contributed by atoms with E-state index >= 15 is 0 Å². The number of carbonyl (C=O) groups excluding carboxylic acids is 2. The van der Waals surface area contributed by atoms with E-state index in [1.807, 2.05) is 34.0 Å². The Kier molecular flexibility index (Phi) is 7.38. The quantitative estimate of drug-likeness (QED) is 0.641. The van der Waals surface area contributed by atoms with Crippen molar-refractivity contribution in [2.45, 2.75) is 38.6 Å². The minimum atomic E-state index is -0.733. The molecule has 23 heavy (non-hydrogen) atoms. The third-order valence-electron chi connectivity index (χ3n) is 3.50. The first-order valence-corrected chi connectivity index (χ1v) is 8.84. The minimum Gasteiger partial charge on any atom is -0.410 e. The lowest BCUT2D eigenvalue weighted by molar-refractivity contribution is -0.130. The number of rotatable bonds is 5. The molecule has 0 bridgehead atoms. The van der Waals surface area contributed by atoms with Gasteiger partial charge in [0.05, 0.1) is 0 Å². The van der Waals surface area contributed by atoms with Crippen LogP contribution < -0.4 is 9.57 Å². The fourth-order valence-corrected chi connectivity index (χ4v) is 3.32. The van der Waals surface area contributed by atoms with E-state index in [1.165, 1.54) is 7.05 Å². The molecule has 1 N–H and O–H groups in total. The van der Waals surface area contributed by atoms with Gasteiger partial charge in [0.2, 0.25) is 5.91 Å². The Bertz CT molecular complexity index is 570. The minimum absolute atomic E-state index is 0.0550. The highest BCUT2D eigenvalue weighted by Gasteiger charge is 2.29. The average molecular weight is 359 g/mol. The highest BCUT2D eigenvalue weighted by atomic mass is 35.5. The third kappa shape index (κ3) is 4.86. The first-order chi connectivity index (χ1) is 10.7. The van der Waals surface area contributed by atoms with Crippen molar-refractivity contribution in [1.29, 1.82) is 0 Å². The molecule has 0 heterocycles. The maximum atomic E-state index is 12.3. The lowest BCUT2D eigenvalue weighted by Gasteiger charge is -2.23. The Balaban J connectivity index is 2.89. The topological polar surface area (TPSA) is 58.6 Å². The van der Waals surface area contributed by atoms with Gasteiger partial charge in [-0.3, -0.25) is 4.79 Å². The molecular weight excluding hydrogens is 336 g/mol. The molecule has 128 valence electrons. The maximum absolute atomic E-state index is 12.3. The highest BCUT2D eigenvalue weighted by molar-refractivity contribution is 7.98. The molecule has 0 spiro atoms. The molecule has 0 saturated heterocycles. The molecule has 0 saturated carbocycles. The van der Waals surface area contributed by atoms with Crippen LogP contribution in [0.15, 0.2) is 17.0 Å². The summed E-state index contributed by atoms with van der Waals surface area (Å²) in [5.74, 6) is -0.0721. The van der Waals surface area contributed by atoms with Crippen molar-refractivity contribution in [2.24, 2.45) is 5.92 Å². The van der Waals surface area contributed by atoms with Crippen LogP contribution in [0, 0.1) is 19.8 Å². The molecule has 0 aromatic heterocycles. The van der Waals surface area contributed by atoms with Gasteiger partial charge >= 0.3 is 6.09 Å². The lowest BCUT2D eigenvalue weighted by atomic mass is 10.0. The summed E-state index contributed by atoms with van der Waals surface area (Å²) in [7, 11) is 1.38. The summed E-state index contributed by atoms with van der Waals surface area (Å²) < 4.78 is 5.32. The number of benzene rings is 1. The first-order valence-electron chi connectivity index (χ1n) is 7.23. The predicted octanol–water partition coefficient (Wildman–Crippen LogP) is 3.75. The summed E-state index contributed by atoms with van der Waals surface area (Å²) in [5, 5.41) is 0. The number of likely N-dealkylation sites (N-methyl/N-ethyl adjacent to an activating group) is 1. The van der Waals surface area contributed by atoms with Crippen LogP contribution in [-0.4, -0.2) is 36.2 Å². The van der Waals surface area contributed by atoms with Gasteiger partial charge in [-0.25, -0.2) is 14.5 Å². The average Bonchev–Trinajstić information content (AvgIpc) is 2.46. The van der Waals surface area contributed by atoms with Crippen LogP contribution in [0.4, 0.5) is 4.79 Å². The molecule has 5 nitrogen and oxygen atoms in total. The van der Waals surface area contributed by atoms with E-state index in [4.69, 9.17) is 16.5 Å². The molecule has 2 amide bonds. The number of hydrogen-bond donors (Lipinski definition) is 1. The summed E-state index contributed by atoms with van der Waals surface area (Å²) in [6, 6.07) is 2.92. The van der Waals surface area contributed by atoms with Gasteiger partial charge in [-0.15, -0.1) is 11.8 Å². The number of aryl methyl sites for hydroxylation is 2. The molecule has 0 fully saturated rings. The Labute approximate surface area is 146 Å². The molecule has 1 aromatic carbocycles. The summed E-state index contributed by atoms with van der Waals surface area (Å²) in [6.45, 7) is 7.59. The molecule has 0 aliphatic carbocycles. The van der Waals surface area contributed by atoms with Crippen LogP contribution in [0.2, 0.25) is 0 Å². The van der Waals surface area contributed by atoms with Crippen molar-refractivity contribution in [1.82, 2.24) is 9.74 Å². The van der Waals surface area contributed by atoms with E-state index in [1.54, 1.807) is 23.9 Å². The SMILES string of the molecule is CSc1c(C)cc(OC(=O)N(C)C(=O)[C@@H](NCl)C(C)C)cc1C. The number of nitrogens with one attached hydrogen (secondary N) is 1. The van der Waals surface area contributed by atoms with Gasteiger partial charge in [0.25, 0.3) is 0 Å². The van der Waals surface area contributed by atoms with Crippen LogP contribution in [0.1, 0.15) is 25.0 Å². The van der Waals surface area contributed by atoms with Gasteiger partial charge in [0, 0.05) is 11.9 Å². The number of ether oxygens (including phenoxy) is 1. The molecule has 1 rings (SSSR count).